The Kier molecular flexibility index (Phi) is 5.27. The number of hydrogen-bond acceptors (Lipinski definition) is 3. The summed E-state index contributed by atoms with van der Waals surface area (Å²) in [5.74, 6) is 0.0511. The molecule has 0 aliphatic heterocycles. The molecule has 0 aromatic heterocycles. The first-order valence-corrected chi connectivity index (χ1v) is 5.93. The third kappa shape index (κ3) is 3.12. The highest BCUT2D eigenvalue weighted by Crippen LogP contribution is 2.36. The van der Waals surface area contributed by atoms with Gasteiger partial charge in [-0.15, -0.1) is 0 Å². The number of benzene rings is 1. The van der Waals surface area contributed by atoms with Crippen LogP contribution in [0.2, 0.25) is 5.02 Å². The Labute approximate surface area is 107 Å². The lowest BCUT2D eigenvalue weighted by molar-refractivity contribution is 0.126. The summed E-state index contributed by atoms with van der Waals surface area (Å²) in [5, 5.41) is 19.7. The van der Waals surface area contributed by atoms with Crippen molar-refractivity contribution < 1.29 is 9.84 Å². The fourth-order valence-corrected chi connectivity index (χ4v) is 2.07. The van der Waals surface area contributed by atoms with Crippen LogP contribution in [0.4, 0.5) is 0 Å². The van der Waals surface area contributed by atoms with E-state index in [1.54, 1.807) is 18.2 Å². The highest BCUT2D eigenvalue weighted by atomic mass is 35.5. The van der Waals surface area contributed by atoms with Crippen LogP contribution in [0.5, 0.6) is 5.75 Å². The van der Waals surface area contributed by atoms with Crippen LogP contribution in [-0.4, -0.2) is 12.2 Å². The van der Waals surface area contributed by atoms with Crippen molar-refractivity contribution in [3.8, 4) is 11.8 Å². The van der Waals surface area contributed by atoms with Crippen LogP contribution >= 0.6 is 11.6 Å². The number of nitriles is 1. The molecule has 3 nitrogen and oxygen atoms in total. The maximum absolute atomic E-state index is 10.2. The molecule has 1 rings (SSSR count). The second-order valence-corrected chi connectivity index (χ2v) is 4.23. The van der Waals surface area contributed by atoms with E-state index < -0.39 is 12.0 Å². The molecule has 2 unspecified atom stereocenters. The zero-order valence-corrected chi connectivity index (χ0v) is 10.7. The van der Waals surface area contributed by atoms with Crippen molar-refractivity contribution in [3.05, 3.63) is 28.8 Å². The summed E-state index contributed by atoms with van der Waals surface area (Å²) in [7, 11) is 1.52. The van der Waals surface area contributed by atoms with Gasteiger partial charge in [0.2, 0.25) is 0 Å². The molecule has 0 heterocycles. The molecule has 4 heteroatoms. The van der Waals surface area contributed by atoms with Crippen molar-refractivity contribution in [2.45, 2.75) is 25.9 Å². The highest BCUT2D eigenvalue weighted by Gasteiger charge is 2.25. The van der Waals surface area contributed by atoms with Crippen LogP contribution in [0.1, 0.15) is 31.4 Å². The summed E-state index contributed by atoms with van der Waals surface area (Å²) in [4.78, 5) is 0. The number of methoxy groups -OCH3 is 1. The number of aliphatic hydroxyl groups is 1. The lowest BCUT2D eigenvalue weighted by atomic mass is 9.92. The largest absolute Gasteiger partial charge is 0.496 e. The van der Waals surface area contributed by atoms with Gasteiger partial charge in [-0.2, -0.15) is 5.26 Å². The van der Waals surface area contributed by atoms with Gasteiger partial charge in [0.05, 0.1) is 30.2 Å². The predicted octanol–water partition coefficient (Wildman–Crippen LogP) is 3.32. The third-order valence-corrected chi connectivity index (χ3v) is 3.00. The first-order valence-electron chi connectivity index (χ1n) is 5.55. The second-order valence-electron chi connectivity index (χ2n) is 3.82. The van der Waals surface area contributed by atoms with Crippen molar-refractivity contribution in [2.24, 2.45) is 5.92 Å². The number of nitrogens with zero attached hydrogens (tertiary/aromatic N) is 1. The standard InChI is InChI=1S/C13H16ClNO2/c1-3-5-9(8-15)13(16)12-10(14)6-4-7-11(12)17-2/h4,6-7,9,13,16H,3,5H2,1-2H3. The Morgan fingerprint density at radius 1 is 1.53 bits per heavy atom. The van der Waals surface area contributed by atoms with Gasteiger partial charge in [-0.3, -0.25) is 0 Å². The predicted molar refractivity (Wildman–Crippen MR) is 67.0 cm³/mol. The molecule has 0 saturated heterocycles. The first-order chi connectivity index (χ1) is 8.15. The molecule has 92 valence electrons. The molecule has 17 heavy (non-hydrogen) atoms. The Morgan fingerprint density at radius 3 is 2.76 bits per heavy atom. The van der Waals surface area contributed by atoms with Gasteiger partial charge >= 0.3 is 0 Å². The van der Waals surface area contributed by atoms with Gasteiger partial charge in [-0.1, -0.05) is 31.0 Å². The molecule has 0 aliphatic carbocycles. The summed E-state index contributed by atoms with van der Waals surface area (Å²) >= 11 is 6.05. The summed E-state index contributed by atoms with van der Waals surface area (Å²) in [5.41, 5.74) is 0.497. The van der Waals surface area contributed by atoms with Crippen LogP contribution in [0.25, 0.3) is 0 Å². The molecule has 1 aromatic rings. The average molecular weight is 254 g/mol. The molecule has 0 amide bonds. The zero-order chi connectivity index (χ0) is 12.8. The highest BCUT2D eigenvalue weighted by molar-refractivity contribution is 6.31. The van der Waals surface area contributed by atoms with Crippen LogP contribution in [0.15, 0.2) is 18.2 Å². The SMILES string of the molecule is CCCC(C#N)C(O)c1c(Cl)cccc1OC. The summed E-state index contributed by atoms with van der Waals surface area (Å²) in [6.45, 7) is 1.97. The van der Waals surface area contributed by atoms with E-state index in [1.807, 2.05) is 6.92 Å². The number of hydrogen-bond donors (Lipinski definition) is 1. The molecule has 0 radical (unpaired) electrons. The van der Waals surface area contributed by atoms with E-state index >= 15 is 0 Å². The van der Waals surface area contributed by atoms with Gasteiger partial charge in [0.25, 0.3) is 0 Å². The number of rotatable bonds is 5. The van der Waals surface area contributed by atoms with Crippen molar-refractivity contribution >= 4 is 11.6 Å². The van der Waals surface area contributed by atoms with Crippen LogP contribution < -0.4 is 4.74 Å². The molecule has 0 bridgehead atoms. The Balaban J connectivity index is 3.10. The quantitative estimate of drug-likeness (QED) is 0.876. The lowest BCUT2D eigenvalue weighted by Crippen LogP contribution is -2.12. The number of halogens is 1. The topological polar surface area (TPSA) is 53.2 Å². The first kappa shape index (κ1) is 13.8. The van der Waals surface area contributed by atoms with Crippen molar-refractivity contribution in [2.75, 3.05) is 7.11 Å². The fraction of sp³-hybridized carbons (Fsp3) is 0.462. The van der Waals surface area contributed by atoms with E-state index in [1.165, 1.54) is 7.11 Å². The van der Waals surface area contributed by atoms with Gasteiger partial charge < -0.3 is 9.84 Å². The molecular weight excluding hydrogens is 238 g/mol. The maximum Gasteiger partial charge on any atom is 0.126 e. The minimum absolute atomic E-state index is 0.424. The number of aliphatic hydroxyl groups excluding tert-OH is 1. The lowest BCUT2D eigenvalue weighted by Gasteiger charge is -2.20. The Bertz CT molecular complexity index is 414. The van der Waals surface area contributed by atoms with E-state index in [9.17, 15) is 5.11 Å². The van der Waals surface area contributed by atoms with Crippen LogP contribution in [0, 0.1) is 17.2 Å². The zero-order valence-electron chi connectivity index (χ0n) is 9.98. The van der Waals surface area contributed by atoms with Gasteiger partial charge in [-0.05, 0) is 18.6 Å². The molecule has 2 atom stereocenters. The fourth-order valence-electron chi connectivity index (χ4n) is 1.79. The third-order valence-electron chi connectivity index (χ3n) is 2.68. The summed E-state index contributed by atoms with van der Waals surface area (Å²) in [6, 6.07) is 7.27. The Hall–Kier alpha value is -1.24. The van der Waals surface area contributed by atoms with Crippen LogP contribution in [-0.2, 0) is 0 Å². The second kappa shape index (κ2) is 6.48. The van der Waals surface area contributed by atoms with E-state index in [0.29, 0.717) is 22.8 Å². The average Bonchev–Trinajstić information content (AvgIpc) is 2.34. The molecule has 0 saturated carbocycles. The van der Waals surface area contributed by atoms with E-state index in [4.69, 9.17) is 21.6 Å². The molecule has 0 spiro atoms. The molecule has 0 aliphatic rings. The van der Waals surface area contributed by atoms with Crippen LogP contribution in [0.3, 0.4) is 0 Å². The van der Waals surface area contributed by atoms with Crippen molar-refractivity contribution in [1.82, 2.24) is 0 Å². The molecule has 1 N–H and O–H groups in total. The van der Waals surface area contributed by atoms with Crippen molar-refractivity contribution in [3.63, 3.8) is 0 Å². The number of ether oxygens (including phenoxy) is 1. The van der Waals surface area contributed by atoms with Gasteiger partial charge in [0.15, 0.2) is 0 Å². The summed E-state index contributed by atoms with van der Waals surface area (Å²) in [6.07, 6.45) is 0.553. The smallest absolute Gasteiger partial charge is 0.126 e. The van der Waals surface area contributed by atoms with E-state index in [-0.39, 0.29) is 0 Å². The minimum atomic E-state index is -0.913. The maximum atomic E-state index is 10.2. The van der Waals surface area contributed by atoms with Gasteiger partial charge in [-0.25, -0.2) is 0 Å². The minimum Gasteiger partial charge on any atom is -0.496 e. The van der Waals surface area contributed by atoms with Crippen molar-refractivity contribution in [1.29, 1.82) is 5.26 Å². The monoisotopic (exact) mass is 253 g/mol. The summed E-state index contributed by atoms with van der Waals surface area (Å²) < 4.78 is 5.17. The van der Waals surface area contributed by atoms with E-state index in [2.05, 4.69) is 6.07 Å². The van der Waals surface area contributed by atoms with E-state index in [0.717, 1.165) is 6.42 Å². The molecule has 0 fully saturated rings. The Morgan fingerprint density at radius 2 is 2.24 bits per heavy atom. The normalized spacial score (nSPS) is 13.8. The molecule has 1 aromatic carbocycles. The van der Waals surface area contributed by atoms with Gasteiger partial charge in [0.1, 0.15) is 5.75 Å². The molecular formula is C13H16ClNO2. The van der Waals surface area contributed by atoms with Gasteiger partial charge in [0, 0.05) is 5.56 Å².